The smallest absolute Gasteiger partial charge is 0.237 e. The summed E-state index contributed by atoms with van der Waals surface area (Å²) in [6, 6.07) is 5.71. The number of carbonyl (C=O) groups is 1. The van der Waals surface area contributed by atoms with Crippen LogP contribution in [0.3, 0.4) is 0 Å². The van der Waals surface area contributed by atoms with Crippen LogP contribution >= 0.6 is 28.7 Å². The van der Waals surface area contributed by atoms with E-state index in [0.717, 1.165) is 18.3 Å². The van der Waals surface area contributed by atoms with Crippen LogP contribution in [-0.2, 0) is 4.79 Å². The van der Waals surface area contributed by atoms with Gasteiger partial charge in [-0.2, -0.15) is 0 Å². The number of amidine groups is 1. The Morgan fingerprint density at radius 1 is 1.47 bits per heavy atom. The number of aliphatic imine (C=N–C) groups is 1. The van der Waals surface area contributed by atoms with Gasteiger partial charge in [0, 0.05) is 12.2 Å². The molecule has 0 saturated heterocycles. The number of hydrogen-bond acceptors (Lipinski definition) is 4. The van der Waals surface area contributed by atoms with Crippen molar-refractivity contribution >= 4 is 45.5 Å². The molecule has 1 amide bonds. The predicted molar refractivity (Wildman–Crippen MR) is 82.7 cm³/mol. The zero-order chi connectivity index (χ0) is 13.0. The lowest BCUT2D eigenvalue weighted by Crippen LogP contribution is -2.26. The van der Waals surface area contributed by atoms with E-state index in [1.807, 2.05) is 6.92 Å². The van der Waals surface area contributed by atoms with Gasteiger partial charge in [-0.15, -0.1) is 17.0 Å². The van der Waals surface area contributed by atoms with E-state index in [9.17, 15) is 9.18 Å². The van der Waals surface area contributed by atoms with Crippen molar-refractivity contribution < 1.29 is 9.18 Å². The van der Waals surface area contributed by atoms with Gasteiger partial charge < -0.3 is 10.6 Å². The first kappa shape index (κ1) is 16.0. The van der Waals surface area contributed by atoms with Gasteiger partial charge in [0.05, 0.1) is 11.8 Å². The number of carbonyl (C=O) groups excluding carboxylic acids is 1. The van der Waals surface area contributed by atoms with Crippen LogP contribution in [0.2, 0.25) is 0 Å². The molecular formula is C12H15BrFN3OS. The van der Waals surface area contributed by atoms with Crippen LogP contribution in [0, 0.1) is 5.82 Å². The second-order valence-electron chi connectivity index (χ2n) is 3.87. The minimum absolute atomic E-state index is 0. The minimum Gasteiger partial charge on any atom is -0.363 e. The number of benzene rings is 1. The number of amides is 1. The van der Waals surface area contributed by atoms with Gasteiger partial charge in [-0.1, -0.05) is 11.8 Å². The van der Waals surface area contributed by atoms with Crippen LogP contribution in [-0.4, -0.2) is 29.4 Å². The fraction of sp³-hybridized carbons (Fsp3) is 0.333. The molecule has 1 atom stereocenters. The van der Waals surface area contributed by atoms with Crippen molar-refractivity contribution in [3.8, 4) is 0 Å². The second kappa shape index (κ2) is 7.49. The number of thioether (sulfide) groups is 1. The molecule has 104 valence electrons. The summed E-state index contributed by atoms with van der Waals surface area (Å²) in [7, 11) is 0. The highest BCUT2D eigenvalue weighted by atomic mass is 79.9. The predicted octanol–water partition coefficient (Wildman–Crippen LogP) is 2.42. The molecule has 2 N–H and O–H groups in total. The van der Waals surface area contributed by atoms with Crippen LogP contribution < -0.4 is 10.6 Å². The summed E-state index contributed by atoms with van der Waals surface area (Å²) in [6.45, 7) is 3.40. The summed E-state index contributed by atoms with van der Waals surface area (Å²) in [4.78, 5) is 16.1. The minimum atomic E-state index is -0.320. The highest BCUT2D eigenvalue weighted by Crippen LogP contribution is 2.16. The third-order valence-corrected chi connectivity index (χ3v) is 3.48. The van der Waals surface area contributed by atoms with Gasteiger partial charge in [0.1, 0.15) is 5.82 Å². The van der Waals surface area contributed by atoms with Crippen molar-refractivity contribution in [1.82, 2.24) is 5.32 Å². The molecule has 4 nitrogen and oxygen atoms in total. The van der Waals surface area contributed by atoms with E-state index in [0.29, 0.717) is 5.69 Å². The summed E-state index contributed by atoms with van der Waals surface area (Å²) in [5, 5.41) is 6.38. The van der Waals surface area contributed by atoms with E-state index in [-0.39, 0.29) is 34.0 Å². The monoisotopic (exact) mass is 347 g/mol. The highest BCUT2D eigenvalue weighted by molar-refractivity contribution is 8.93. The number of rotatable bonds is 3. The molecular weight excluding hydrogens is 333 g/mol. The van der Waals surface area contributed by atoms with Gasteiger partial charge in [0.15, 0.2) is 5.17 Å². The Kier molecular flexibility index (Phi) is 6.30. The normalized spacial score (nSPS) is 14.9. The van der Waals surface area contributed by atoms with Crippen molar-refractivity contribution in [1.29, 1.82) is 0 Å². The summed E-state index contributed by atoms with van der Waals surface area (Å²) in [5.74, 6) is -0.442. The Labute approximate surface area is 126 Å². The lowest BCUT2D eigenvalue weighted by molar-refractivity contribution is -0.115. The lowest BCUT2D eigenvalue weighted by atomic mass is 10.3. The van der Waals surface area contributed by atoms with Gasteiger partial charge in [-0.05, 0) is 31.2 Å². The molecule has 1 heterocycles. The van der Waals surface area contributed by atoms with Gasteiger partial charge >= 0.3 is 0 Å². The Morgan fingerprint density at radius 2 is 2.16 bits per heavy atom. The Balaban J connectivity index is 0.00000180. The third-order valence-electron chi connectivity index (χ3n) is 2.41. The number of nitrogens with zero attached hydrogens (tertiary/aromatic N) is 1. The van der Waals surface area contributed by atoms with Gasteiger partial charge in [-0.3, -0.25) is 9.79 Å². The molecule has 0 aliphatic carbocycles. The zero-order valence-corrected chi connectivity index (χ0v) is 12.9. The Morgan fingerprint density at radius 3 is 2.74 bits per heavy atom. The fourth-order valence-corrected chi connectivity index (χ4v) is 2.31. The molecule has 0 bridgehead atoms. The SMILES string of the molecule is Br.CC(SC1=NCCN1)C(=O)Nc1ccc(F)cc1. The average Bonchev–Trinajstić information content (AvgIpc) is 2.85. The number of nitrogens with one attached hydrogen (secondary N) is 2. The van der Waals surface area contributed by atoms with Crippen LogP contribution in [0.1, 0.15) is 6.92 Å². The largest absolute Gasteiger partial charge is 0.363 e. The molecule has 0 spiro atoms. The van der Waals surface area contributed by atoms with Crippen LogP contribution in [0.15, 0.2) is 29.3 Å². The van der Waals surface area contributed by atoms with Crippen molar-refractivity contribution in [2.24, 2.45) is 4.99 Å². The molecule has 0 radical (unpaired) electrons. The molecule has 0 fully saturated rings. The van der Waals surface area contributed by atoms with Crippen LogP contribution in [0.4, 0.5) is 10.1 Å². The molecule has 1 aromatic carbocycles. The quantitative estimate of drug-likeness (QED) is 0.882. The topological polar surface area (TPSA) is 53.5 Å². The van der Waals surface area contributed by atoms with E-state index in [1.54, 1.807) is 0 Å². The standard InChI is InChI=1S/C12H14FN3OS.BrH/c1-8(18-12-14-6-7-15-12)11(17)16-10-4-2-9(13)3-5-10;/h2-5,8H,6-7H2,1H3,(H,14,15)(H,16,17);1H. The molecule has 1 aromatic rings. The maximum atomic E-state index is 12.7. The average molecular weight is 348 g/mol. The van der Waals surface area contributed by atoms with Crippen LogP contribution in [0.5, 0.6) is 0 Å². The maximum absolute atomic E-state index is 12.7. The molecule has 2 rings (SSSR count). The summed E-state index contributed by atoms with van der Waals surface area (Å²) in [5.41, 5.74) is 0.593. The molecule has 1 unspecified atom stereocenters. The number of halogens is 2. The summed E-state index contributed by atoms with van der Waals surface area (Å²) >= 11 is 1.39. The van der Waals surface area contributed by atoms with E-state index < -0.39 is 0 Å². The fourth-order valence-electron chi connectivity index (χ4n) is 1.45. The van der Waals surface area contributed by atoms with Crippen molar-refractivity contribution in [2.45, 2.75) is 12.2 Å². The Hall–Kier alpha value is -1.08. The van der Waals surface area contributed by atoms with Gasteiger partial charge in [0.25, 0.3) is 0 Å². The summed E-state index contributed by atoms with van der Waals surface area (Å²) in [6.07, 6.45) is 0. The van der Waals surface area contributed by atoms with E-state index in [4.69, 9.17) is 0 Å². The van der Waals surface area contributed by atoms with Crippen molar-refractivity contribution in [2.75, 3.05) is 18.4 Å². The van der Waals surface area contributed by atoms with Crippen molar-refractivity contribution in [3.05, 3.63) is 30.1 Å². The second-order valence-corrected chi connectivity index (χ2v) is 5.20. The molecule has 1 aliphatic heterocycles. The molecule has 0 aromatic heterocycles. The zero-order valence-electron chi connectivity index (χ0n) is 10.4. The highest BCUT2D eigenvalue weighted by Gasteiger charge is 2.18. The molecule has 19 heavy (non-hydrogen) atoms. The van der Waals surface area contributed by atoms with Crippen LogP contribution in [0.25, 0.3) is 0 Å². The number of anilines is 1. The summed E-state index contributed by atoms with van der Waals surface area (Å²) < 4.78 is 12.7. The van der Waals surface area contributed by atoms with Gasteiger partial charge in [-0.25, -0.2) is 4.39 Å². The molecule has 7 heteroatoms. The molecule has 1 aliphatic rings. The first-order valence-corrected chi connectivity index (χ1v) is 6.54. The van der Waals surface area contributed by atoms with E-state index >= 15 is 0 Å². The first-order valence-electron chi connectivity index (χ1n) is 5.66. The molecule has 0 saturated carbocycles. The lowest BCUT2D eigenvalue weighted by Gasteiger charge is -2.11. The number of hydrogen-bond donors (Lipinski definition) is 2. The first-order chi connectivity index (χ1) is 8.65. The van der Waals surface area contributed by atoms with E-state index in [2.05, 4.69) is 15.6 Å². The maximum Gasteiger partial charge on any atom is 0.237 e. The van der Waals surface area contributed by atoms with Gasteiger partial charge in [0.2, 0.25) is 5.91 Å². The third kappa shape index (κ3) is 4.83. The Bertz CT molecular complexity index is 467. The van der Waals surface area contributed by atoms with Crippen molar-refractivity contribution in [3.63, 3.8) is 0 Å². The van der Waals surface area contributed by atoms with E-state index in [1.165, 1.54) is 36.0 Å².